The molecule has 1 aliphatic carbocycles. The summed E-state index contributed by atoms with van der Waals surface area (Å²) in [5.41, 5.74) is 0. The van der Waals surface area contributed by atoms with Gasteiger partial charge in [0.05, 0.1) is 6.04 Å². The Hall–Kier alpha value is -0.570. The number of carbonyl (C=O) groups is 1. The molecule has 98 valence electrons. The Bertz CT molecular complexity index is 251. The number of hydrogen-bond donors (Lipinski definition) is 2. The van der Waals surface area contributed by atoms with Crippen LogP contribution in [0.25, 0.3) is 0 Å². The van der Waals surface area contributed by atoms with Crippen molar-refractivity contribution in [3.8, 4) is 0 Å². The topological polar surface area (TPSA) is 41.1 Å². The van der Waals surface area contributed by atoms with E-state index in [1.165, 1.54) is 32.1 Å². The van der Waals surface area contributed by atoms with Gasteiger partial charge in [-0.3, -0.25) is 4.79 Å². The summed E-state index contributed by atoms with van der Waals surface area (Å²) < 4.78 is 0. The van der Waals surface area contributed by atoms with Crippen molar-refractivity contribution in [1.29, 1.82) is 0 Å². The lowest BCUT2D eigenvalue weighted by Crippen LogP contribution is -2.53. The predicted octanol–water partition coefficient (Wildman–Crippen LogP) is 2.07. The summed E-state index contributed by atoms with van der Waals surface area (Å²) >= 11 is 0. The lowest BCUT2D eigenvalue weighted by atomic mass is 9.78. The molecule has 0 bridgehead atoms. The number of carbonyl (C=O) groups excluding carboxylic acids is 1. The van der Waals surface area contributed by atoms with Gasteiger partial charge in [-0.25, -0.2) is 0 Å². The molecule has 0 aromatic heterocycles. The van der Waals surface area contributed by atoms with Crippen LogP contribution >= 0.6 is 0 Å². The fourth-order valence-electron chi connectivity index (χ4n) is 3.31. The average Bonchev–Trinajstić information content (AvgIpc) is 2.35. The van der Waals surface area contributed by atoms with E-state index in [2.05, 4.69) is 24.5 Å². The highest BCUT2D eigenvalue weighted by Crippen LogP contribution is 2.28. The Labute approximate surface area is 105 Å². The van der Waals surface area contributed by atoms with Crippen LogP contribution in [0.3, 0.4) is 0 Å². The zero-order valence-corrected chi connectivity index (χ0v) is 11.2. The van der Waals surface area contributed by atoms with E-state index in [0.717, 1.165) is 13.0 Å². The number of amides is 1. The SMILES string of the molecule is CC1CCCC(C)C1NC(=O)C1CCCCN1. The van der Waals surface area contributed by atoms with Crippen LogP contribution in [0.2, 0.25) is 0 Å². The maximum absolute atomic E-state index is 12.2. The van der Waals surface area contributed by atoms with Gasteiger partial charge in [0, 0.05) is 6.04 Å². The highest BCUT2D eigenvalue weighted by Gasteiger charge is 2.31. The Kier molecular flexibility index (Phi) is 4.43. The molecule has 1 saturated heterocycles. The second-order valence-corrected chi connectivity index (χ2v) is 5.92. The van der Waals surface area contributed by atoms with Gasteiger partial charge < -0.3 is 10.6 Å². The molecule has 0 aromatic rings. The summed E-state index contributed by atoms with van der Waals surface area (Å²) in [6.07, 6.45) is 7.22. The minimum Gasteiger partial charge on any atom is -0.351 e. The molecule has 17 heavy (non-hydrogen) atoms. The van der Waals surface area contributed by atoms with E-state index < -0.39 is 0 Å². The van der Waals surface area contributed by atoms with Crippen LogP contribution in [0.15, 0.2) is 0 Å². The van der Waals surface area contributed by atoms with Crippen molar-refractivity contribution < 1.29 is 4.79 Å². The Balaban J connectivity index is 1.87. The van der Waals surface area contributed by atoms with Crippen LogP contribution in [0.1, 0.15) is 52.4 Å². The average molecular weight is 238 g/mol. The van der Waals surface area contributed by atoms with E-state index >= 15 is 0 Å². The summed E-state index contributed by atoms with van der Waals surface area (Å²) in [7, 11) is 0. The van der Waals surface area contributed by atoms with Crippen LogP contribution in [0.5, 0.6) is 0 Å². The number of piperidine rings is 1. The summed E-state index contributed by atoms with van der Waals surface area (Å²) in [5, 5.41) is 6.61. The van der Waals surface area contributed by atoms with Crippen molar-refractivity contribution in [1.82, 2.24) is 10.6 Å². The van der Waals surface area contributed by atoms with Gasteiger partial charge in [-0.15, -0.1) is 0 Å². The summed E-state index contributed by atoms with van der Waals surface area (Å²) in [6.45, 7) is 5.54. The van der Waals surface area contributed by atoms with Gasteiger partial charge >= 0.3 is 0 Å². The first-order valence-electron chi connectivity index (χ1n) is 7.22. The molecular formula is C14H26N2O. The van der Waals surface area contributed by atoms with Gasteiger partial charge in [-0.2, -0.15) is 0 Å². The van der Waals surface area contributed by atoms with Crippen molar-refractivity contribution in [3.05, 3.63) is 0 Å². The molecule has 1 saturated carbocycles. The molecule has 3 heteroatoms. The fourth-order valence-corrected chi connectivity index (χ4v) is 3.31. The summed E-state index contributed by atoms with van der Waals surface area (Å²) in [5.74, 6) is 1.49. The third kappa shape index (κ3) is 3.21. The zero-order valence-electron chi connectivity index (χ0n) is 11.2. The standard InChI is InChI=1S/C14H26N2O/c1-10-6-5-7-11(2)13(10)16-14(17)12-8-3-4-9-15-12/h10-13,15H,3-9H2,1-2H3,(H,16,17). The van der Waals surface area contributed by atoms with Gasteiger partial charge in [0.1, 0.15) is 0 Å². The normalized spacial score (nSPS) is 38.7. The van der Waals surface area contributed by atoms with Crippen molar-refractivity contribution in [2.45, 2.75) is 64.5 Å². The van der Waals surface area contributed by atoms with Gasteiger partial charge in [-0.05, 0) is 44.1 Å². The first-order chi connectivity index (χ1) is 8.18. The molecule has 1 amide bonds. The highest BCUT2D eigenvalue weighted by molar-refractivity contribution is 5.82. The molecular weight excluding hydrogens is 212 g/mol. The molecule has 0 aromatic carbocycles. The first-order valence-corrected chi connectivity index (χ1v) is 7.22. The van der Waals surface area contributed by atoms with Gasteiger partial charge in [0.15, 0.2) is 0 Å². The maximum Gasteiger partial charge on any atom is 0.237 e. The Morgan fingerprint density at radius 3 is 2.35 bits per heavy atom. The lowest BCUT2D eigenvalue weighted by Gasteiger charge is -2.36. The van der Waals surface area contributed by atoms with Crippen molar-refractivity contribution >= 4 is 5.91 Å². The lowest BCUT2D eigenvalue weighted by molar-refractivity contribution is -0.125. The first kappa shape index (κ1) is 12.9. The van der Waals surface area contributed by atoms with Gasteiger partial charge in [0.2, 0.25) is 5.91 Å². The van der Waals surface area contributed by atoms with Crippen molar-refractivity contribution in [3.63, 3.8) is 0 Å². The minimum absolute atomic E-state index is 0.0603. The molecule has 0 spiro atoms. The molecule has 2 fully saturated rings. The van der Waals surface area contributed by atoms with E-state index in [1.54, 1.807) is 0 Å². The fraction of sp³-hybridized carbons (Fsp3) is 0.929. The second-order valence-electron chi connectivity index (χ2n) is 5.92. The van der Waals surface area contributed by atoms with Crippen molar-refractivity contribution in [2.75, 3.05) is 6.54 Å². The molecule has 2 aliphatic rings. The van der Waals surface area contributed by atoms with E-state index in [-0.39, 0.29) is 11.9 Å². The Morgan fingerprint density at radius 1 is 1.06 bits per heavy atom. The molecule has 3 nitrogen and oxygen atoms in total. The summed E-state index contributed by atoms with van der Waals surface area (Å²) in [6, 6.07) is 0.449. The molecule has 3 atom stereocenters. The molecule has 1 heterocycles. The number of nitrogens with one attached hydrogen (secondary N) is 2. The zero-order chi connectivity index (χ0) is 12.3. The van der Waals surface area contributed by atoms with Crippen LogP contribution in [0, 0.1) is 11.8 Å². The molecule has 2 rings (SSSR count). The number of hydrogen-bond acceptors (Lipinski definition) is 2. The van der Waals surface area contributed by atoms with E-state index in [9.17, 15) is 4.79 Å². The van der Waals surface area contributed by atoms with Crippen LogP contribution in [-0.2, 0) is 4.79 Å². The predicted molar refractivity (Wildman–Crippen MR) is 69.8 cm³/mol. The van der Waals surface area contributed by atoms with E-state index in [4.69, 9.17) is 0 Å². The van der Waals surface area contributed by atoms with Crippen LogP contribution < -0.4 is 10.6 Å². The molecule has 2 N–H and O–H groups in total. The molecule has 3 unspecified atom stereocenters. The second kappa shape index (κ2) is 5.85. The Morgan fingerprint density at radius 2 is 1.76 bits per heavy atom. The van der Waals surface area contributed by atoms with Crippen LogP contribution in [0.4, 0.5) is 0 Å². The molecule has 1 aliphatic heterocycles. The smallest absolute Gasteiger partial charge is 0.237 e. The third-order valence-electron chi connectivity index (χ3n) is 4.48. The summed E-state index contributed by atoms with van der Waals surface area (Å²) in [4.78, 5) is 12.2. The van der Waals surface area contributed by atoms with E-state index in [0.29, 0.717) is 17.9 Å². The number of rotatable bonds is 2. The van der Waals surface area contributed by atoms with Gasteiger partial charge in [0.25, 0.3) is 0 Å². The largest absolute Gasteiger partial charge is 0.351 e. The van der Waals surface area contributed by atoms with Gasteiger partial charge in [-0.1, -0.05) is 26.7 Å². The maximum atomic E-state index is 12.2. The third-order valence-corrected chi connectivity index (χ3v) is 4.48. The highest BCUT2D eigenvalue weighted by atomic mass is 16.2. The van der Waals surface area contributed by atoms with Crippen LogP contribution in [-0.4, -0.2) is 24.5 Å². The quantitative estimate of drug-likeness (QED) is 0.773. The minimum atomic E-state index is 0.0603. The van der Waals surface area contributed by atoms with E-state index in [1.807, 2.05) is 0 Å². The molecule has 0 radical (unpaired) electrons. The van der Waals surface area contributed by atoms with Crippen molar-refractivity contribution in [2.24, 2.45) is 11.8 Å². The monoisotopic (exact) mass is 238 g/mol.